The van der Waals surface area contributed by atoms with E-state index in [-0.39, 0.29) is 29.0 Å². The molecule has 0 aliphatic carbocycles. The van der Waals surface area contributed by atoms with Gasteiger partial charge in [0.25, 0.3) is 0 Å². The average molecular weight is 372 g/mol. The fourth-order valence-electron chi connectivity index (χ4n) is 2.76. The Morgan fingerprint density at radius 3 is 2.60 bits per heavy atom. The number of hydrogen-bond donors (Lipinski definition) is 0. The minimum absolute atomic E-state index is 0.0534. The lowest BCUT2D eigenvalue weighted by atomic mass is 10.1. The molecule has 1 heterocycles. The summed E-state index contributed by atoms with van der Waals surface area (Å²) in [6.07, 6.45) is 2.81. The SMILES string of the molecule is CCN(CC)S(=O)(=O)c1ccc(OC[C@H]2CCCCO2)c([N+](=O)[O-])c1. The van der Waals surface area contributed by atoms with Crippen molar-refractivity contribution < 1.29 is 22.8 Å². The van der Waals surface area contributed by atoms with Crippen molar-refractivity contribution in [3.05, 3.63) is 28.3 Å². The Morgan fingerprint density at radius 2 is 2.04 bits per heavy atom. The number of benzene rings is 1. The first-order valence-corrected chi connectivity index (χ1v) is 9.87. The molecule has 9 heteroatoms. The van der Waals surface area contributed by atoms with E-state index in [9.17, 15) is 18.5 Å². The molecule has 1 aliphatic rings. The molecule has 0 unspecified atom stereocenters. The molecular weight excluding hydrogens is 348 g/mol. The average Bonchev–Trinajstić information content (AvgIpc) is 2.61. The summed E-state index contributed by atoms with van der Waals surface area (Å²) in [7, 11) is -3.76. The predicted molar refractivity (Wildman–Crippen MR) is 92.3 cm³/mol. The van der Waals surface area contributed by atoms with Gasteiger partial charge in [-0.25, -0.2) is 8.42 Å². The standard InChI is InChI=1S/C16H24N2O6S/c1-3-17(4-2)25(21,22)14-8-9-16(15(11-14)18(19)20)24-12-13-7-5-6-10-23-13/h8-9,11,13H,3-7,10,12H2,1-2H3/t13-/m1/s1. The van der Waals surface area contributed by atoms with E-state index in [1.54, 1.807) is 13.8 Å². The zero-order chi connectivity index (χ0) is 18.4. The van der Waals surface area contributed by atoms with Crippen molar-refractivity contribution in [1.29, 1.82) is 0 Å². The Hall–Kier alpha value is -1.71. The van der Waals surface area contributed by atoms with E-state index in [0.717, 1.165) is 25.3 Å². The van der Waals surface area contributed by atoms with Crippen molar-refractivity contribution in [3.63, 3.8) is 0 Å². The summed E-state index contributed by atoms with van der Waals surface area (Å²) >= 11 is 0. The lowest BCUT2D eigenvalue weighted by Gasteiger charge is -2.22. The molecule has 1 atom stereocenters. The molecule has 8 nitrogen and oxygen atoms in total. The molecule has 0 radical (unpaired) electrons. The lowest BCUT2D eigenvalue weighted by molar-refractivity contribution is -0.386. The van der Waals surface area contributed by atoms with Crippen LogP contribution in [0.1, 0.15) is 33.1 Å². The Labute approximate surface area is 147 Å². The van der Waals surface area contributed by atoms with Gasteiger partial charge in [0.1, 0.15) is 6.61 Å². The van der Waals surface area contributed by atoms with Gasteiger partial charge in [-0.15, -0.1) is 0 Å². The first-order chi connectivity index (χ1) is 11.9. The minimum Gasteiger partial charge on any atom is -0.484 e. The van der Waals surface area contributed by atoms with Gasteiger partial charge in [-0.2, -0.15) is 4.31 Å². The van der Waals surface area contributed by atoms with Crippen molar-refractivity contribution in [3.8, 4) is 5.75 Å². The lowest BCUT2D eigenvalue weighted by Crippen LogP contribution is -2.30. The normalized spacial score (nSPS) is 18.3. The second-order valence-corrected chi connectivity index (χ2v) is 7.71. The highest BCUT2D eigenvalue weighted by Crippen LogP contribution is 2.31. The third kappa shape index (κ3) is 4.68. The zero-order valence-electron chi connectivity index (χ0n) is 14.5. The number of sulfonamides is 1. The quantitative estimate of drug-likeness (QED) is 0.514. The smallest absolute Gasteiger partial charge is 0.312 e. The predicted octanol–water partition coefficient (Wildman–Crippen LogP) is 2.57. The van der Waals surface area contributed by atoms with Crippen LogP contribution in [-0.2, 0) is 14.8 Å². The number of rotatable bonds is 8. The van der Waals surface area contributed by atoms with Crippen LogP contribution in [0.3, 0.4) is 0 Å². The van der Waals surface area contributed by atoms with E-state index in [2.05, 4.69) is 0 Å². The summed E-state index contributed by atoms with van der Waals surface area (Å²) in [4.78, 5) is 10.6. The Morgan fingerprint density at radius 1 is 1.32 bits per heavy atom. The fraction of sp³-hybridized carbons (Fsp3) is 0.625. The van der Waals surface area contributed by atoms with Gasteiger partial charge < -0.3 is 9.47 Å². The summed E-state index contributed by atoms with van der Waals surface area (Å²) in [6.45, 7) is 4.90. The minimum atomic E-state index is -3.76. The monoisotopic (exact) mass is 372 g/mol. The number of ether oxygens (including phenoxy) is 2. The third-order valence-electron chi connectivity index (χ3n) is 4.17. The fourth-order valence-corrected chi connectivity index (χ4v) is 4.24. The van der Waals surface area contributed by atoms with Crippen LogP contribution in [0.5, 0.6) is 5.75 Å². The van der Waals surface area contributed by atoms with E-state index >= 15 is 0 Å². The maximum Gasteiger partial charge on any atom is 0.312 e. The molecule has 0 aromatic heterocycles. The maximum atomic E-state index is 12.5. The summed E-state index contributed by atoms with van der Waals surface area (Å²) in [5, 5.41) is 11.3. The highest BCUT2D eigenvalue weighted by Gasteiger charge is 2.26. The van der Waals surface area contributed by atoms with Crippen LogP contribution in [0, 0.1) is 10.1 Å². The summed E-state index contributed by atoms with van der Waals surface area (Å²) < 4.78 is 37.4. The highest BCUT2D eigenvalue weighted by molar-refractivity contribution is 7.89. The van der Waals surface area contributed by atoms with Crippen LogP contribution in [0.25, 0.3) is 0 Å². The molecule has 0 bridgehead atoms. The van der Waals surface area contributed by atoms with E-state index in [1.807, 2.05) is 0 Å². The highest BCUT2D eigenvalue weighted by atomic mass is 32.2. The Kier molecular flexibility index (Phi) is 6.74. The molecule has 0 saturated carbocycles. The Balaban J connectivity index is 2.23. The largest absolute Gasteiger partial charge is 0.484 e. The first-order valence-electron chi connectivity index (χ1n) is 8.43. The van der Waals surface area contributed by atoms with Crippen LogP contribution in [0.15, 0.2) is 23.1 Å². The molecule has 1 aromatic carbocycles. The molecule has 1 fully saturated rings. The van der Waals surface area contributed by atoms with Gasteiger partial charge in [-0.1, -0.05) is 13.8 Å². The Bertz CT molecular complexity index is 697. The number of nitro groups is 1. The van der Waals surface area contributed by atoms with Crippen molar-refractivity contribution >= 4 is 15.7 Å². The van der Waals surface area contributed by atoms with E-state index in [4.69, 9.17) is 9.47 Å². The van der Waals surface area contributed by atoms with E-state index in [1.165, 1.54) is 16.4 Å². The molecule has 0 amide bonds. The van der Waals surface area contributed by atoms with Crippen LogP contribution >= 0.6 is 0 Å². The molecular formula is C16H24N2O6S. The van der Waals surface area contributed by atoms with Gasteiger partial charge in [0.2, 0.25) is 10.0 Å². The number of nitro benzene ring substituents is 1. The molecule has 1 saturated heterocycles. The zero-order valence-corrected chi connectivity index (χ0v) is 15.3. The topological polar surface area (TPSA) is 99.0 Å². The van der Waals surface area contributed by atoms with Crippen molar-refractivity contribution in [2.75, 3.05) is 26.3 Å². The van der Waals surface area contributed by atoms with Gasteiger partial charge in [-0.3, -0.25) is 10.1 Å². The van der Waals surface area contributed by atoms with Crippen molar-refractivity contribution in [2.45, 2.75) is 44.1 Å². The second-order valence-electron chi connectivity index (χ2n) is 5.78. The van der Waals surface area contributed by atoms with Gasteiger partial charge in [0, 0.05) is 25.8 Å². The molecule has 1 aliphatic heterocycles. The molecule has 0 spiro atoms. The first kappa shape index (κ1) is 19.6. The molecule has 0 N–H and O–H groups in total. The molecule has 25 heavy (non-hydrogen) atoms. The van der Waals surface area contributed by atoms with Gasteiger partial charge in [0.15, 0.2) is 5.75 Å². The van der Waals surface area contributed by atoms with Crippen LogP contribution in [-0.4, -0.2) is 50.1 Å². The van der Waals surface area contributed by atoms with Gasteiger partial charge >= 0.3 is 5.69 Å². The maximum absolute atomic E-state index is 12.5. The van der Waals surface area contributed by atoms with E-state index < -0.39 is 14.9 Å². The second kappa shape index (κ2) is 8.59. The number of hydrogen-bond acceptors (Lipinski definition) is 6. The molecule has 1 aromatic rings. The summed E-state index contributed by atoms with van der Waals surface area (Å²) in [5.74, 6) is 0.0534. The van der Waals surface area contributed by atoms with Gasteiger partial charge in [0.05, 0.1) is 15.9 Å². The van der Waals surface area contributed by atoms with Gasteiger partial charge in [-0.05, 0) is 31.4 Å². The van der Waals surface area contributed by atoms with Crippen LogP contribution < -0.4 is 4.74 Å². The third-order valence-corrected chi connectivity index (χ3v) is 6.21. The summed E-state index contributed by atoms with van der Waals surface area (Å²) in [6, 6.07) is 3.75. The van der Waals surface area contributed by atoms with Crippen LogP contribution in [0.4, 0.5) is 5.69 Å². The summed E-state index contributed by atoms with van der Waals surface area (Å²) in [5.41, 5.74) is -0.357. The number of nitrogens with zero attached hydrogens (tertiary/aromatic N) is 2. The molecule has 140 valence electrons. The van der Waals surface area contributed by atoms with Crippen molar-refractivity contribution in [1.82, 2.24) is 4.31 Å². The van der Waals surface area contributed by atoms with Crippen molar-refractivity contribution in [2.24, 2.45) is 0 Å². The van der Waals surface area contributed by atoms with E-state index in [0.29, 0.717) is 19.7 Å². The molecule has 2 rings (SSSR count). The van der Waals surface area contributed by atoms with Crippen LogP contribution in [0.2, 0.25) is 0 Å².